The first kappa shape index (κ1) is 17.1. The van der Waals surface area contributed by atoms with E-state index in [-0.39, 0.29) is 17.0 Å². The predicted octanol–water partition coefficient (Wildman–Crippen LogP) is 2.76. The fourth-order valence-electron chi connectivity index (χ4n) is 2.92. The molecule has 1 saturated heterocycles. The molecule has 24 heavy (non-hydrogen) atoms. The van der Waals surface area contributed by atoms with E-state index in [0.29, 0.717) is 12.5 Å². The summed E-state index contributed by atoms with van der Waals surface area (Å²) in [5.41, 5.74) is 0.776. The molecule has 0 saturated carbocycles. The van der Waals surface area contributed by atoms with E-state index in [1.165, 1.54) is 0 Å². The Morgan fingerprint density at radius 3 is 2.62 bits per heavy atom. The molecular weight excluding hydrogens is 370 g/mol. The predicted molar refractivity (Wildman–Crippen MR) is 97.3 cm³/mol. The highest BCUT2D eigenvalue weighted by Gasteiger charge is 2.28. The summed E-state index contributed by atoms with van der Waals surface area (Å²) in [6.45, 7) is 7.76. The van der Waals surface area contributed by atoms with Crippen LogP contribution in [-0.2, 0) is 12.0 Å². The van der Waals surface area contributed by atoms with Crippen LogP contribution < -0.4 is 10.5 Å². The second-order valence-corrected chi connectivity index (χ2v) is 8.10. The second-order valence-electron chi connectivity index (χ2n) is 7.18. The summed E-state index contributed by atoms with van der Waals surface area (Å²) >= 11 is 3.36. The van der Waals surface area contributed by atoms with Gasteiger partial charge in [0.25, 0.3) is 5.56 Å². The standard InChI is InChI=1S/C17H22BrN5O/c1-17(2,3)14-6-7-15(24)23(21-14)11-13-5-4-8-22(13)16-19-9-12(18)10-20-16/h6-7,9-10,13H,4-5,8,11H2,1-3H3. The summed E-state index contributed by atoms with van der Waals surface area (Å²) in [6.07, 6.45) is 5.58. The first-order chi connectivity index (χ1) is 11.3. The summed E-state index contributed by atoms with van der Waals surface area (Å²) in [7, 11) is 0. The largest absolute Gasteiger partial charge is 0.336 e. The molecule has 1 aliphatic rings. The third kappa shape index (κ3) is 3.66. The zero-order valence-corrected chi connectivity index (χ0v) is 15.8. The van der Waals surface area contributed by atoms with Gasteiger partial charge in [-0.15, -0.1) is 0 Å². The van der Waals surface area contributed by atoms with Crippen LogP contribution in [0.15, 0.2) is 33.8 Å². The summed E-state index contributed by atoms with van der Waals surface area (Å²) in [5, 5.41) is 4.58. The number of rotatable bonds is 3. The van der Waals surface area contributed by atoms with Gasteiger partial charge in [-0.3, -0.25) is 4.79 Å². The molecule has 0 amide bonds. The molecule has 0 radical (unpaired) electrons. The van der Waals surface area contributed by atoms with Crippen LogP contribution in [0.5, 0.6) is 0 Å². The molecule has 1 atom stereocenters. The van der Waals surface area contributed by atoms with E-state index in [1.54, 1.807) is 23.1 Å². The molecule has 2 aromatic rings. The number of hydrogen-bond acceptors (Lipinski definition) is 5. The van der Waals surface area contributed by atoms with Crippen molar-refractivity contribution in [3.05, 3.63) is 45.0 Å². The molecule has 3 rings (SSSR count). The molecule has 0 aromatic carbocycles. The molecular formula is C17H22BrN5O. The minimum absolute atomic E-state index is 0.0634. The van der Waals surface area contributed by atoms with Crippen molar-refractivity contribution in [3.63, 3.8) is 0 Å². The van der Waals surface area contributed by atoms with E-state index >= 15 is 0 Å². The van der Waals surface area contributed by atoms with Gasteiger partial charge < -0.3 is 4.90 Å². The van der Waals surface area contributed by atoms with Gasteiger partial charge in [0.1, 0.15) is 0 Å². The van der Waals surface area contributed by atoms with Crippen LogP contribution in [0.1, 0.15) is 39.3 Å². The number of halogens is 1. The molecule has 0 bridgehead atoms. The maximum Gasteiger partial charge on any atom is 0.266 e. The van der Waals surface area contributed by atoms with E-state index in [1.807, 2.05) is 6.07 Å². The van der Waals surface area contributed by atoms with Crippen molar-refractivity contribution in [1.29, 1.82) is 0 Å². The maximum absolute atomic E-state index is 12.2. The lowest BCUT2D eigenvalue weighted by Gasteiger charge is -2.25. The fourth-order valence-corrected chi connectivity index (χ4v) is 3.13. The van der Waals surface area contributed by atoms with Gasteiger partial charge in [0, 0.05) is 30.4 Å². The molecule has 0 spiro atoms. The summed E-state index contributed by atoms with van der Waals surface area (Å²) in [4.78, 5) is 23.2. The van der Waals surface area contributed by atoms with Crippen molar-refractivity contribution >= 4 is 21.9 Å². The lowest BCUT2D eigenvalue weighted by Crippen LogP contribution is -2.38. The van der Waals surface area contributed by atoms with Crippen LogP contribution in [0.2, 0.25) is 0 Å². The van der Waals surface area contributed by atoms with E-state index in [2.05, 4.69) is 56.7 Å². The Labute approximate surface area is 150 Å². The van der Waals surface area contributed by atoms with Crippen molar-refractivity contribution in [2.24, 2.45) is 0 Å². The maximum atomic E-state index is 12.2. The van der Waals surface area contributed by atoms with Gasteiger partial charge in [0.15, 0.2) is 0 Å². The average molecular weight is 392 g/mol. The fraction of sp³-hybridized carbons (Fsp3) is 0.529. The van der Waals surface area contributed by atoms with Crippen LogP contribution in [0.3, 0.4) is 0 Å². The van der Waals surface area contributed by atoms with Gasteiger partial charge in [-0.05, 0) is 34.8 Å². The molecule has 1 unspecified atom stereocenters. The highest BCUT2D eigenvalue weighted by molar-refractivity contribution is 9.10. The van der Waals surface area contributed by atoms with Gasteiger partial charge in [-0.25, -0.2) is 14.6 Å². The highest BCUT2D eigenvalue weighted by atomic mass is 79.9. The van der Waals surface area contributed by atoms with Crippen LogP contribution in [0.25, 0.3) is 0 Å². The Balaban J connectivity index is 1.85. The Kier molecular flexibility index (Phi) is 4.71. The van der Waals surface area contributed by atoms with Crippen LogP contribution in [0.4, 0.5) is 5.95 Å². The smallest absolute Gasteiger partial charge is 0.266 e. The van der Waals surface area contributed by atoms with Crippen molar-refractivity contribution < 1.29 is 0 Å². The minimum Gasteiger partial charge on any atom is -0.336 e. The first-order valence-corrected chi connectivity index (χ1v) is 8.97. The lowest BCUT2D eigenvalue weighted by molar-refractivity contribution is 0.455. The minimum atomic E-state index is -0.0837. The Morgan fingerprint density at radius 1 is 1.25 bits per heavy atom. The molecule has 2 aromatic heterocycles. The number of hydrogen-bond donors (Lipinski definition) is 0. The number of nitrogens with zero attached hydrogens (tertiary/aromatic N) is 5. The quantitative estimate of drug-likeness (QED) is 0.804. The molecule has 3 heterocycles. The van der Waals surface area contributed by atoms with Gasteiger partial charge >= 0.3 is 0 Å². The van der Waals surface area contributed by atoms with E-state index < -0.39 is 0 Å². The zero-order chi connectivity index (χ0) is 17.3. The van der Waals surface area contributed by atoms with Crippen LogP contribution in [0, 0.1) is 0 Å². The van der Waals surface area contributed by atoms with Gasteiger partial charge in [0.05, 0.1) is 22.8 Å². The SMILES string of the molecule is CC(C)(C)c1ccc(=O)n(CC2CCCN2c2ncc(Br)cn2)n1. The van der Waals surface area contributed by atoms with Gasteiger partial charge in [-0.2, -0.15) is 5.10 Å². The Bertz CT molecular complexity index is 766. The van der Waals surface area contributed by atoms with Crippen LogP contribution >= 0.6 is 15.9 Å². The second kappa shape index (κ2) is 6.63. The average Bonchev–Trinajstić information content (AvgIpc) is 2.97. The van der Waals surface area contributed by atoms with Gasteiger partial charge in [-0.1, -0.05) is 20.8 Å². The molecule has 128 valence electrons. The molecule has 1 fully saturated rings. The monoisotopic (exact) mass is 391 g/mol. The molecule has 0 N–H and O–H groups in total. The van der Waals surface area contributed by atoms with Gasteiger partial charge in [0.2, 0.25) is 5.95 Å². The normalized spacial score (nSPS) is 18.2. The summed E-state index contributed by atoms with van der Waals surface area (Å²) < 4.78 is 2.44. The summed E-state index contributed by atoms with van der Waals surface area (Å²) in [5.74, 6) is 0.709. The van der Waals surface area contributed by atoms with Crippen molar-refractivity contribution in [3.8, 4) is 0 Å². The molecule has 1 aliphatic heterocycles. The Hall–Kier alpha value is -1.76. The lowest BCUT2D eigenvalue weighted by atomic mass is 9.92. The third-order valence-electron chi connectivity index (χ3n) is 4.26. The number of anilines is 1. The van der Waals surface area contributed by atoms with Crippen molar-refractivity contribution in [1.82, 2.24) is 19.7 Å². The molecule has 7 heteroatoms. The van der Waals surface area contributed by atoms with E-state index in [0.717, 1.165) is 29.6 Å². The highest BCUT2D eigenvalue weighted by Crippen LogP contribution is 2.24. The van der Waals surface area contributed by atoms with Crippen molar-refractivity contribution in [2.45, 2.75) is 51.6 Å². The van der Waals surface area contributed by atoms with E-state index in [4.69, 9.17) is 0 Å². The van der Waals surface area contributed by atoms with Crippen molar-refractivity contribution in [2.75, 3.05) is 11.4 Å². The molecule has 6 nitrogen and oxygen atoms in total. The van der Waals surface area contributed by atoms with E-state index in [9.17, 15) is 4.79 Å². The summed E-state index contributed by atoms with van der Waals surface area (Å²) in [6, 6.07) is 3.62. The third-order valence-corrected chi connectivity index (χ3v) is 4.67. The Morgan fingerprint density at radius 2 is 1.96 bits per heavy atom. The zero-order valence-electron chi connectivity index (χ0n) is 14.2. The number of aromatic nitrogens is 4. The topological polar surface area (TPSA) is 63.9 Å². The first-order valence-electron chi connectivity index (χ1n) is 8.17. The molecule has 0 aliphatic carbocycles. The van der Waals surface area contributed by atoms with Crippen LogP contribution in [-0.4, -0.2) is 32.3 Å².